The van der Waals surface area contributed by atoms with E-state index in [1.807, 2.05) is 55.5 Å². The maximum absolute atomic E-state index is 5.92. The van der Waals surface area contributed by atoms with Crippen molar-refractivity contribution in [3.63, 3.8) is 0 Å². The van der Waals surface area contributed by atoms with Gasteiger partial charge in [0, 0.05) is 11.6 Å². The van der Waals surface area contributed by atoms with E-state index in [2.05, 4.69) is 0 Å². The van der Waals surface area contributed by atoms with Crippen molar-refractivity contribution < 1.29 is 9.47 Å². The number of ether oxygens (including phenoxy) is 2. The Morgan fingerprint density at radius 3 is 2.37 bits per heavy atom. The molecular weight excluding hydrogens is 238 g/mol. The lowest BCUT2D eigenvalue weighted by Gasteiger charge is -2.14. The van der Waals surface area contributed by atoms with E-state index in [0.717, 1.165) is 22.6 Å². The quantitative estimate of drug-likeness (QED) is 0.893. The van der Waals surface area contributed by atoms with E-state index in [4.69, 9.17) is 15.2 Å². The van der Waals surface area contributed by atoms with Crippen LogP contribution in [0.15, 0.2) is 48.5 Å². The fourth-order valence-electron chi connectivity index (χ4n) is 1.87. The predicted molar refractivity (Wildman–Crippen MR) is 76.4 cm³/mol. The summed E-state index contributed by atoms with van der Waals surface area (Å²) >= 11 is 0. The predicted octanol–water partition coefficient (Wildman–Crippen LogP) is 3.29. The Morgan fingerprint density at radius 2 is 1.74 bits per heavy atom. The van der Waals surface area contributed by atoms with Crippen LogP contribution in [0.4, 0.5) is 0 Å². The first-order valence-corrected chi connectivity index (χ1v) is 6.31. The molecule has 0 heterocycles. The van der Waals surface area contributed by atoms with Gasteiger partial charge in [0.1, 0.15) is 18.1 Å². The molecule has 2 aromatic carbocycles. The molecule has 0 amide bonds. The molecule has 2 aromatic rings. The van der Waals surface area contributed by atoms with Crippen molar-refractivity contribution in [2.24, 2.45) is 5.73 Å². The van der Waals surface area contributed by atoms with Crippen molar-refractivity contribution in [3.8, 4) is 11.5 Å². The molecule has 0 aliphatic carbocycles. The summed E-state index contributed by atoms with van der Waals surface area (Å²) in [7, 11) is 1.66. The number of methoxy groups -OCH3 is 1. The van der Waals surface area contributed by atoms with E-state index in [1.54, 1.807) is 7.11 Å². The Balaban J connectivity index is 2.05. The smallest absolute Gasteiger partial charge is 0.124 e. The molecule has 2 rings (SSSR count). The summed E-state index contributed by atoms with van der Waals surface area (Å²) in [6, 6.07) is 15.7. The summed E-state index contributed by atoms with van der Waals surface area (Å²) in [6.07, 6.45) is 0. The van der Waals surface area contributed by atoms with Gasteiger partial charge in [-0.2, -0.15) is 0 Å². The molecule has 0 bridgehead atoms. The first kappa shape index (κ1) is 13.4. The molecule has 0 saturated carbocycles. The summed E-state index contributed by atoms with van der Waals surface area (Å²) in [6.45, 7) is 2.48. The molecule has 3 heteroatoms. The van der Waals surface area contributed by atoms with Gasteiger partial charge in [-0.05, 0) is 30.7 Å². The molecule has 1 unspecified atom stereocenters. The fraction of sp³-hybridized carbons (Fsp3) is 0.250. The molecule has 1 atom stereocenters. The lowest BCUT2D eigenvalue weighted by atomic mass is 10.1. The summed E-state index contributed by atoms with van der Waals surface area (Å²) < 4.78 is 11.0. The maximum atomic E-state index is 5.92. The van der Waals surface area contributed by atoms with Crippen LogP contribution < -0.4 is 15.2 Å². The molecule has 3 nitrogen and oxygen atoms in total. The van der Waals surface area contributed by atoms with Crippen LogP contribution in [0.2, 0.25) is 0 Å². The molecule has 0 aliphatic rings. The highest BCUT2D eigenvalue weighted by atomic mass is 16.5. The molecule has 100 valence electrons. The monoisotopic (exact) mass is 257 g/mol. The van der Waals surface area contributed by atoms with Crippen LogP contribution in [0, 0.1) is 0 Å². The zero-order valence-corrected chi connectivity index (χ0v) is 11.3. The lowest BCUT2D eigenvalue weighted by Crippen LogP contribution is -2.07. The summed E-state index contributed by atoms with van der Waals surface area (Å²) in [5.41, 5.74) is 8.05. The molecule has 0 aliphatic heterocycles. The third-order valence-electron chi connectivity index (χ3n) is 2.96. The normalized spacial score (nSPS) is 11.9. The molecule has 0 aromatic heterocycles. The van der Waals surface area contributed by atoms with Crippen LogP contribution in [0.3, 0.4) is 0 Å². The van der Waals surface area contributed by atoms with Gasteiger partial charge in [-0.15, -0.1) is 0 Å². The van der Waals surface area contributed by atoms with E-state index in [1.165, 1.54) is 0 Å². The minimum Gasteiger partial charge on any atom is -0.497 e. The van der Waals surface area contributed by atoms with E-state index in [-0.39, 0.29) is 6.04 Å². The minimum atomic E-state index is -0.0351. The van der Waals surface area contributed by atoms with Crippen molar-refractivity contribution in [1.82, 2.24) is 0 Å². The average Bonchev–Trinajstić information content (AvgIpc) is 2.46. The number of nitrogens with two attached hydrogens (primary N) is 1. The van der Waals surface area contributed by atoms with Gasteiger partial charge in [0.15, 0.2) is 0 Å². The first-order chi connectivity index (χ1) is 9.20. The Labute approximate surface area is 114 Å². The van der Waals surface area contributed by atoms with E-state index < -0.39 is 0 Å². The maximum Gasteiger partial charge on any atom is 0.124 e. The van der Waals surface area contributed by atoms with Gasteiger partial charge in [-0.1, -0.05) is 30.3 Å². The van der Waals surface area contributed by atoms with Crippen LogP contribution in [0.1, 0.15) is 24.1 Å². The van der Waals surface area contributed by atoms with Gasteiger partial charge in [0.2, 0.25) is 0 Å². The van der Waals surface area contributed by atoms with Crippen molar-refractivity contribution >= 4 is 0 Å². The second-order valence-electron chi connectivity index (χ2n) is 4.46. The van der Waals surface area contributed by atoms with E-state index in [0.29, 0.717) is 6.61 Å². The van der Waals surface area contributed by atoms with Crippen LogP contribution in [0.25, 0.3) is 0 Å². The SMILES string of the molecule is COc1ccc(COc2ccccc2C(C)N)cc1. The summed E-state index contributed by atoms with van der Waals surface area (Å²) in [4.78, 5) is 0. The average molecular weight is 257 g/mol. The van der Waals surface area contributed by atoms with Gasteiger partial charge < -0.3 is 15.2 Å². The Hall–Kier alpha value is -2.00. The summed E-state index contributed by atoms with van der Waals surface area (Å²) in [5.74, 6) is 1.69. The number of para-hydroxylation sites is 1. The second kappa shape index (κ2) is 6.25. The lowest BCUT2D eigenvalue weighted by molar-refractivity contribution is 0.301. The molecular formula is C16H19NO2. The zero-order chi connectivity index (χ0) is 13.7. The number of benzene rings is 2. The zero-order valence-electron chi connectivity index (χ0n) is 11.3. The highest BCUT2D eigenvalue weighted by Gasteiger charge is 2.07. The third-order valence-corrected chi connectivity index (χ3v) is 2.96. The van der Waals surface area contributed by atoms with Crippen molar-refractivity contribution in [3.05, 3.63) is 59.7 Å². The molecule has 0 radical (unpaired) electrons. The Morgan fingerprint density at radius 1 is 1.05 bits per heavy atom. The minimum absolute atomic E-state index is 0.0351. The molecule has 0 fully saturated rings. The van der Waals surface area contributed by atoms with Gasteiger partial charge >= 0.3 is 0 Å². The molecule has 0 spiro atoms. The van der Waals surface area contributed by atoms with E-state index in [9.17, 15) is 0 Å². The third kappa shape index (κ3) is 3.48. The largest absolute Gasteiger partial charge is 0.497 e. The first-order valence-electron chi connectivity index (χ1n) is 6.31. The molecule has 19 heavy (non-hydrogen) atoms. The Kier molecular flexibility index (Phi) is 4.42. The second-order valence-corrected chi connectivity index (χ2v) is 4.46. The van der Waals surface area contributed by atoms with Crippen molar-refractivity contribution in [2.75, 3.05) is 7.11 Å². The van der Waals surface area contributed by atoms with Gasteiger partial charge in [-0.25, -0.2) is 0 Å². The highest BCUT2D eigenvalue weighted by Crippen LogP contribution is 2.24. The number of hydrogen-bond acceptors (Lipinski definition) is 3. The standard InChI is InChI=1S/C16H19NO2/c1-12(17)15-5-3-4-6-16(15)19-11-13-7-9-14(18-2)10-8-13/h3-10,12H,11,17H2,1-2H3. The fourth-order valence-corrected chi connectivity index (χ4v) is 1.87. The highest BCUT2D eigenvalue weighted by molar-refractivity contribution is 5.36. The van der Waals surface area contributed by atoms with Crippen molar-refractivity contribution in [1.29, 1.82) is 0 Å². The van der Waals surface area contributed by atoms with Gasteiger partial charge in [0.25, 0.3) is 0 Å². The van der Waals surface area contributed by atoms with Crippen LogP contribution >= 0.6 is 0 Å². The topological polar surface area (TPSA) is 44.5 Å². The van der Waals surface area contributed by atoms with Gasteiger partial charge in [0.05, 0.1) is 7.11 Å². The van der Waals surface area contributed by atoms with Crippen LogP contribution in [-0.2, 0) is 6.61 Å². The van der Waals surface area contributed by atoms with Crippen LogP contribution in [0.5, 0.6) is 11.5 Å². The molecule has 0 saturated heterocycles. The van der Waals surface area contributed by atoms with Gasteiger partial charge in [-0.3, -0.25) is 0 Å². The van der Waals surface area contributed by atoms with Crippen molar-refractivity contribution in [2.45, 2.75) is 19.6 Å². The number of hydrogen-bond donors (Lipinski definition) is 1. The van der Waals surface area contributed by atoms with E-state index >= 15 is 0 Å². The summed E-state index contributed by atoms with van der Waals surface area (Å²) in [5, 5.41) is 0. The van der Waals surface area contributed by atoms with Crippen LogP contribution in [-0.4, -0.2) is 7.11 Å². The molecule has 2 N–H and O–H groups in total. The Bertz CT molecular complexity index is 521. The number of rotatable bonds is 5.